The van der Waals surface area contributed by atoms with Crippen LogP contribution in [-0.2, 0) is 6.42 Å². The maximum absolute atomic E-state index is 11.9. The number of aryl methyl sites for hydroxylation is 2. The van der Waals surface area contributed by atoms with E-state index in [9.17, 15) is 4.79 Å². The highest BCUT2D eigenvalue weighted by Crippen LogP contribution is 2.13. The highest BCUT2D eigenvalue weighted by Gasteiger charge is 2.19. The van der Waals surface area contributed by atoms with Crippen LogP contribution in [0.5, 0.6) is 0 Å². The fraction of sp³-hybridized carbons (Fsp3) is 0.636. The van der Waals surface area contributed by atoms with Crippen molar-refractivity contribution < 1.29 is 9.32 Å². The van der Waals surface area contributed by atoms with Crippen molar-refractivity contribution in [3.63, 3.8) is 0 Å². The standard InChI is InChI=1S/C11H18N2O2/c1-5-7(3)12-11(14)10-8(4)15-13-9(10)6-2/h7H,5-6H2,1-4H3,(H,12,14). The monoisotopic (exact) mass is 210 g/mol. The number of amides is 1. The van der Waals surface area contributed by atoms with E-state index in [0.717, 1.165) is 12.1 Å². The number of rotatable bonds is 4. The molecule has 0 saturated heterocycles. The van der Waals surface area contributed by atoms with Crippen molar-refractivity contribution in [2.75, 3.05) is 0 Å². The SMILES string of the molecule is CCc1noc(C)c1C(=O)NC(C)CC. The Morgan fingerprint density at radius 2 is 2.20 bits per heavy atom. The van der Waals surface area contributed by atoms with Crippen LogP contribution in [0.2, 0.25) is 0 Å². The average molecular weight is 210 g/mol. The normalized spacial score (nSPS) is 12.5. The summed E-state index contributed by atoms with van der Waals surface area (Å²) in [4.78, 5) is 11.9. The summed E-state index contributed by atoms with van der Waals surface area (Å²) in [6, 6.07) is 0.177. The predicted octanol–water partition coefficient (Wildman–Crippen LogP) is 2.07. The van der Waals surface area contributed by atoms with Crippen molar-refractivity contribution in [2.24, 2.45) is 0 Å². The van der Waals surface area contributed by atoms with E-state index >= 15 is 0 Å². The van der Waals surface area contributed by atoms with E-state index < -0.39 is 0 Å². The first kappa shape index (κ1) is 11.8. The van der Waals surface area contributed by atoms with Gasteiger partial charge in [0.05, 0.1) is 5.69 Å². The molecule has 0 aliphatic rings. The fourth-order valence-electron chi connectivity index (χ4n) is 1.35. The Balaban J connectivity index is 2.85. The zero-order chi connectivity index (χ0) is 11.4. The van der Waals surface area contributed by atoms with E-state index in [0.29, 0.717) is 17.7 Å². The molecule has 0 saturated carbocycles. The minimum Gasteiger partial charge on any atom is -0.361 e. The molecule has 1 unspecified atom stereocenters. The minimum atomic E-state index is -0.0834. The number of nitrogens with zero attached hydrogens (tertiary/aromatic N) is 1. The van der Waals surface area contributed by atoms with E-state index in [1.165, 1.54) is 0 Å². The van der Waals surface area contributed by atoms with E-state index in [2.05, 4.69) is 10.5 Å². The highest BCUT2D eigenvalue weighted by atomic mass is 16.5. The summed E-state index contributed by atoms with van der Waals surface area (Å²) in [7, 11) is 0. The third-order valence-electron chi connectivity index (χ3n) is 2.49. The number of carbonyl (C=O) groups excluding carboxylic acids is 1. The van der Waals surface area contributed by atoms with Crippen molar-refractivity contribution >= 4 is 5.91 Å². The quantitative estimate of drug-likeness (QED) is 0.827. The molecule has 1 aromatic heterocycles. The molecule has 0 radical (unpaired) electrons. The van der Waals surface area contributed by atoms with Gasteiger partial charge in [0, 0.05) is 6.04 Å². The highest BCUT2D eigenvalue weighted by molar-refractivity contribution is 5.96. The molecule has 4 nitrogen and oxygen atoms in total. The van der Waals surface area contributed by atoms with E-state index in [-0.39, 0.29) is 11.9 Å². The summed E-state index contributed by atoms with van der Waals surface area (Å²) in [5, 5.41) is 6.76. The minimum absolute atomic E-state index is 0.0834. The topological polar surface area (TPSA) is 55.1 Å². The molecule has 0 aliphatic carbocycles. The van der Waals surface area contributed by atoms with Gasteiger partial charge >= 0.3 is 0 Å². The van der Waals surface area contributed by atoms with Crippen LogP contribution in [0, 0.1) is 6.92 Å². The molecule has 1 heterocycles. The Morgan fingerprint density at radius 1 is 1.53 bits per heavy atom. The van der Waals surface area contributed by atoms with Crippen LogP contribution in [0.1, 0.15) is 49.0 Å². The molecule has 1 rings (SSSR count). The van der Waals surface area contributed by atoms with Gasteiger partial charge in [0.25, 0.3) is 5.91 Å². The van der Waals surface area contributed by atoms with Gasteiger partial charge in [0.1, 0.15) is 11.3 Å². The molecule has 0 bridgehead atoms. The number of carbonyl (C=O) groups is 1. The Hall–Kier alpha value is -1.32. The third kappa shape index (κ3) is 2.58. The van der Waals surface area contributed by atoms with Crippen LogP contribution in [0.4, 0.5) is 0 Å². The lowest BCUT2D eigenvalue weighted by molar-refractivity contribution is 0.0937. The molecule has 0 spiro atoms. The fourth-order valence-corrected chi connectivity index (χ4v) is 1.35. The van der Waals surface area contributed by atoms with Crippen LogP contribution in [0.25, 0.3) is 0 Å². The average Bonchev–Trinajstić information content (AvgIpc) is 2.59. The first-order valence-electron chi connectivity index (χ1n) is 5.36. The number of aromatic nitrogens is 1. The second-order valence-corrected chi connectivity index (χ2v) is 3.70. The van der Waals surface area contributed by atoms with Crippen molar-refractivity contribution in [1.82, 2.24) is 10.5 Å². The lowest BCUT2D eigenvalue weighted by atomic mass is 10.1. The van der Waals surface area contributed by atoms with E-state index in [4.69, 9.17) is 4.52 Å². The van der Waals surface area contributed by atoms with Gasteiger partial charge < -0.3 is 9.84 Å². The van der Waals surface area contributed by atoms with Crippen molar-refractivity contribution in [1.29, 1.82) is 0 Å². The second-order valence-electron chi connectivity index (χ2n) is 3.70. The van der Waals surface area contributed by atoms with Gasteiger partial charge in [0.2, 0.25) is 0 Å². The van der Waals surface area contributed by atoms with Crippen molar-refractivity contribution in [3.05, 3.63) is 17.0 Å². The Labute approximate surface area is 90.0 Å². The molecular formula is C11H18N2O2. The first-order chi connectivity index (χ1) is 7.10. The maximum atomic E-state index is 11.9. The van der Waals surface area contributed by atoms with Gasteiger partial charge in [-0.1, -0.05) is 19.0 Å². The molecule has 1 N–H and O–H groups in total. The molecule has 0 aliphatic heterocycles. The summed E-state index contributed by atoms with van der Waals surface area (Å²) in [6.07, 6.45) is 1.62. The van der Waals surface area contributed by atoms with Crippen LogP contribution in [0.15, 0.2) is 4.52 Å². The first-order valence-corrected chi connectivity index (χ1v) is 5.36. The third-order valence-corrected chi connectivity index (χ3v) is 2.49. The Bertz CT molecular complexity index is 344. The molecule has 84 valence electrons. The molecule has 1 atom stereocenters. The second kappa shape index (κ2) is 4.96. The summed E-state index contributed by atoms with van der Waals surface area (Å²) >= 11 is 0. The van der Waals surface area contributed by atoms with E-state index in [1.807, 2.05) is 20.8 Å². The molecule has 4 heteroatoms. The van der Waals surface area contributed by atoms with E-state index in [1.54, 1.807) is 6.92 Å². The van der Waals surface area contributed by atoms with Crippen LogP contribution < -0.4 is 5.32 Å². The van der Waals surface area contributed by atoms with Gasteiger partial charge in [-0.3, -0.25) is 4.79 Å². The van der Waals surface area contributed by atoms with Crippen LogP contribution in [0.3, 0.4) is 0 Å². The van der Waals surface area contributed by atoms with Crippen LogP contribution in [-0.4, -0.2) is 17.1 Å². The van der Waals surface area contributed by atoms with Crippen molar-refractivity contribution in [2.45, 2.75) is 46.6 Å². The molecule has 0 aromatic carbocycles. The summed E-state index contributed by atoms with van der Waals surface area (Å²) in [5.41, 5.74) is 1.33. The van der Waals surface area contributed by atoms with Crippen LogP contribution >= 0.6 is 0 Å². The lowest BCUT2D eigenvalue weighted by Gasteiger charge is -2.10. The zero-order valence-corrected chi connectivity index (χ0v) is 9.76. The van der Waals surface area contributed by atoms with Gasteiger partial charge in [-0.05, 0) is 26.7 Å². The number of hydrogen-bond donors (Lipinski definition) is 1. The molecule has 0 fully saturated rings. The Kier molecular flexibility index (Phi) is 3.88. The van der Waals surface area contributed by atoms with Gasteiger partial charge in [-0.15, -0.1) is 0 Å². The number of nitrogens with one attached hydrogen (secondary N) is 1. The molecular weight excluding hydrogens is 192 g/mol. The summed E-state index contributed by atoms with van der Waals surface area (Å²) < 4.78 is 5.01. The Morgan fingerprint density at radius 3 is 2.73 bits per heavy atom. The summed E-state index contributed by atoms with van der Waals surface area (Å²) in [6.45, 7) is 7.73. The summed E-state index contributed by atoms with van der Waals surface area (Å²) in [5.74, 6) is 0.507. The smallest absolute Gasteiger partial charge is 0.257 e. The van der Waals surface area contributed by atoms with Gasteiger partial charge in [-0.2, -0.15) is 0 Å². The van der Waals surface area contributed by atoms with Gasteiger partial charge in [0.15, 0.2) is 0 Å². The number of hydrogen-bond acceptors (Lipinski definition) is 3. The van der Waals surface area contributed by atoms with Crippen molar-refractivity contribution in [3.8, 4) is 0 Å². The molecule has 1 amide bonds. The van der Waals surface area contributed by atoms with Gasteiger partial charge in [-0.25, -0.2) is 0 Å². The molecule has 1 aromatic rings. The largest absolute Gasteiger partial charge is 0.361 e. The zero-order valence-electron chi connectivity index (χ0n) is 9.76. The predicted molar refractivity (Wildman–Crippen MR) is 57.8 cm³/mol. The maximum Gasteiger partial charge on any atom is 0.257 e. The molecule has 15 heavy (non-hydrogen) atoms. The lowest BCUT2D eigenvalue weighted by Crippen LogP contribution is -2.32.